The maximum absolute atomic E-state index is 14.2. The zero-order valence-electron chi connectivity index (χ0n) is 39.7. The Kier molecular flexibility index (Phi) is 25.9. The van der Waals surface area contributed by atoms with Gasteiger partial charge in [-0.3, -0.25) is 72.5 Å². The van der Waals surface area contributed by atoms with Gasteiger partial charge in [0.2, 0.25) is 35.4 Å². The average molecular weight is 1130 g/mol. The molecule has 15 N–H and O–H groups in total. The molecule has 2 aliphatic rings. The predicted octanol–water partition coefficient (Wildman–Crippen LogP) is -5.10. The van der Waals surface area contributed by atoms with Crippen molar-refractivity contribution in [1.82, 2.24) is 51.5 Å². The average Bonchev–Trinajstić information content (AvgIpc) is 3.29. The molecule has 1 aromatic rings. The lowest BCUT2D eigenvalue weighted by atomic mass is 10.0. The quantitative estimate of drug-likeness (QED) is 0.0237. The second kappa shape index (κ2) is 31.1. The van der Waals surface area contributed by atoms with E-state index in [0.29, 0.717) is 9.13 Å². The number of nitrogens with two attached hydrogens (primary N) is 2. The first-order valence-electron chi connectivity index (χ1n) is 23.1. The number of hydrogen-bond donors (Lipinski definition) is 13. The van der Waals surface area contributed by atoms with Crippen molar-refractivity contribution in [2.75, 3.05) is 98.2 Å². The molecule has 0 aliphatic carbocycles. The predicted molar refractivity (Wildman–Crippen MR) is 263 cm³/mol. The van der Waals surface area contributed by atoms with E-state index < -0.39 is 96.5 Å². The van der Waals surface area contributed by atoms with Gasteiger partial charge in [0, 0.05) is 71.9 Å². The summed E-state index contributed by atoms with van der Waals surface area (Å²) in [5.74, 6) is -9.97. The van der Waals surface area contributed by atoms with Crippen molar-refractivity contribution < 1.29 is 73.5 Å². The summed E-state index contributed by atoms with van der Waals surface area (Å²) in [6.45, 7) is -0.0789. The highest BCUT2D eigenvalue weighted by atomic mass is 125. The molecule has 0 spiro atoms. The van der Waals surface area contributed by atoms with Crippen molar-refractivity contribution in [2.45, 2.75) is 69.1 Å². The number of nitrogens with zero attached hydrogens (tertiary/aromatic N) is 5. The molecule has 0 aromatic heterocycles. The highest BCUT2D eigenvalue weighted by molar-refractivity contribution is 14.1. The summed E-state index contributed by atoms with van der Waals surface area (Å²) in [5, 5.41) is 63.4. The van der Waals surface area contributed by atoms with Crippen LogP contribution in [-0.2, 0) is 54.4 Å². The van der Waals surface area contributed by atoms with Crippen LogP contribution in [0.1, 0.15) is 44.1 Å². The number of carbonyl (C=O) groups excluding carboxylic acids is 6. The van der Waals surface area contributed by atoms with Gasteiger partial charge >= 0.3 is 23.9 Å². The van der Waals surface area contributed by atoms with Crippen LogP contribution in [-0.4, -0.2) is 233 Å². The number of hydrogen-bond acceptors (Lipinski definition) is 16. The number of benzene rings is 1. The first-order chi connectivity index (χ1) is 34.1. The van der Waals surface area contributed by atoms with Crippen LogP contribution in [0.15, 0.2) is 23.2 Å². The van der Waals surface area contributed by atoms with E-state index in [2.05, 4.69) is 36.9 Å². The third kappa shape index (κ3) is 23.6. The highest BCUT2D eigenvalue weighted by Gasteiger charge is 2.33. The monoisotopic (exact) mass is 1130 g/mol. The summed E-state index contributed by atoms with van der Waals surface area (Å²) in [7, 11) is 0. The Morgan fingerprint density at radius 3 is 1.60 bits per heavy atom. The van der Waals surface area contributed by atoms with Crippen molar-refractivity contribution in [1.29, 1.82) is 0 Å². The molecular formula is C43H66IN13O15. The number of rotatable bonds is 21. The highest BCUT2D eigenvalue weighted by Crippen LogP contribution is 2.21. The largest absolute Gasteiger partial charge is 0.507 e. The van der Waals surface area contributed by atoms with Gasteiger partial charge in [0.25, 0.3) is 0 Å². The van der Waals surface area contributed by atoms with Gasteiger partial charge in [-0.25, -0.2) is 0 Å². The molecule has 0 radical (unpaired) electrons. The van der Waals surface area contributed by atoms with Crippen LogP contribution >= 0.6 is 22.6 Å². The number of phenols is 1. The molecule has 28 nitrogen and oxygen atoms in total. The standard InChI is InChI=1S/C43H66IN13O15/c44-27-18-26(6-7-32(27)58)19-30-41(71)52-29(40(70)51-28(5-3-9-48-43(45)46)39(69)49-21-33(59)50-31(20-35(61)62)42(72)53-30)4-1-2-8-47-34(60)22-54-10-12-55(23-36(63)64)14-16-57(25-38(67)68)17-15-56(13-11-54)24-37(65)66/h6-7,18,28-31,58H,1-5,8-17,19-25H2,(H,47,60)(H,49,69)(H,50,59)(H,51,70)(H,52,71)(H,53,72)(H,61,62)(H,63,64)(H,65,66)(H,67,68)(H4,45,46,48)/t28-,29-,30-,31-/m0/s1/i44-2. The number of nitrogens with one attached hydrogen (secondary N) is 6. The molecule has 72 heavy (non-hydrogen) atoms. The number of carboxylic acid groups (broad SMARTS) is 4. The van der Waals surface area contributed by atoms with E-state index in [1.807, 2.05) is 22.6 Å². The zero-order chi connectivity index (χ0) is 53.3. The van der Waals surface area contributed by atoms with Crippen LogP contribution in [0.5, 0.6) is 5.75 Å². The number of guanidine groups is 1. The number of carbonyl (C=O) groups is 10. The second-order valence-corrected chi connectivity index (χ2v) is 18.4. The number of aliphatic carboxylic acids is 4. The summed E-state index contributed by atoms with van der Waals surface area (Å²) in [6, 6.07) is -1.41. The smallest absolute Gasteiger partial charge is 0.317 e. The minimum atomic E-state index is -1.70. The van der Waals surface area contributed by atoms with E-state index in [-0.39, 0.29) is 142 Å². The van der Waals surface area contributed by atoms with Crippen molar-refractivity contribution in [3.05, 3.63) is 27.3 Å². The molecule has 2 aliphatic heterocycles. The van der Waals surface area contributed by atoms with E-state index >= 15 is 0 Å². The van der Waals surface area contributed by atoms with E-state index in [9.17, 15) is 73.5 Å². The molecule has 2 heterocycles. The number of phenolic OH excluding ortho intramolecular Hbond substituents is 1. The van der Waals surface area contributed by atoms with Crippen molar-refractivity contribution in [3.63, 3.8) is 0 Å². The van der Waals surface area contributed by atoms with Crippen LogP contribution in [0.2, 0.25) is 0 Å². The Morgan fingerprint density at radius 2 is 1.10 bits per heavy atom. The topological polar surface area (TPSA) is 421 Å². The summed E-state index contributed by atoms with van der Waals surface area (Å²) < 4.78 is 0.410. The molecule has 4 atom stereocenters. The fourth-order valence-electron chi connectivity index (χ4n) is 7.65. The Hall–Kier alpha value is -6.44. The van der Waals surface area contributed by atoms with Gasteiger partial charge in [0.1, 0.15) is 29.9 Å². The van der Waals surface area contributed by atoms with Gasteiger partial charge in [0.15, 0.2) is 5.96 Å². The lowest BCUT2D eigenvalue weighted by Gasteiger charge is -2.32. The van der Waals surface area contributed by atoms with Gasteiger partial charge < -0.3 is 68.9 Å². The third-order valence-electron chi connectivity index (χ3n) is 11.4. The number of carboxylic acids is 4. The number of aromatic hydroxyl groups is 1. The lowest BCUT2D eigenvalue weighted by molar-refractivity contribution is -0.141. The molecule has 0 bridgehead atoms. The van der Waals surface area contributed by atoms with Crippen molar-refractivity contribution >= 4 is 87.9 Å². The summed E-state index contributed by atoms with van der Waals surface area (Å²) >= 11 is 1.86. The fourth-order valence-corrected chi connectivity index (χ4v) is 8.23. The minimum Gasteiger partial charge on any atom is -0.507 e. The molecule has 1 aromatic carbocycles. The molecule has 29 heteroatoms. The number of aliphatic imine (C=N–C) groups is 1. The normalized spacial score (nSPS) is 21.1. The Balaban J connectivity index is 1.82. The van der Waals surface area contributed by atoms with E-state index in [1.54, 1.807) is 25.7 Å². The van der Waals surface area contributed by atoms with Gasteiger partial charge in [0.05, 0.1) is 42.7 Å². The van der Waals surface area contributed by atoms with E-state index in [0.717, 1.165) is 0 Å². The third-order valence-corrected chi connectivity index (χ3v) is 12.2. The molecule has 0 saturated carbocycles. The summed E-state index contributed by atoms with van der Waals surface area (Å²) in [6.07, 6.45) is -0.576. The van der Waals surface area contributed by atoms with Gasteiger partial charge in [-0.2, -0.15) is 0 Å². The molecule has 400 valence electrons. The van der Waals surface area contributed by atoms with Crippen LogP contribution in [0.3, 0.4) is 0 Å². The molecular weight excluding hydrogens is 1060 g/mol. The van der Waals surface area contributed by atoms with Crippen molar-refractivity contribution in [2.24, 2.45) is 16.5 Å². The van der Waals surface area contributed by atoms with Gasteiger partial charge in [-0.1, -0.05) is 6.07 Å². The minimum absolute atomic E-state index is 0.0376. The maximum atomic E-state index is 14.2. The van der Waals surface area contributed by atoms with E-state index in [4.69, 9.17) is 11.5 Å². The maximum Gasteiger partial charge on any atom is 0.317 e. The number of halogens is 1. The second-order valence-electron chi connectivity index (χ2n) is 17.2. The summed E-state index contributed by atoms with van der Waals surface area (Å²) in [4.78, 5) is 139. The van der Waals surface area contributed by atoms with Crippen molar-refractivity contribution in [3.8, 4) is 5.75 Å². The number of amides is 6. The van der Waals surface area contributed by atoms with Crippen LogP contribution in [0, 0.1) is 3.57 Å². The molecule has 3 rings (SSSR count). The van der Waals surface area contributed by atoms with Crippen LogP contribution in [0.25, 0.3) is 0 Å². The molecule has 2 saturated heterocycles. The number of unbranched alkanes of at least 4 members (excludes halogenated alkanes) is 1. The van der Waals surface area contributed by atoms with Gasteiger partial charge in [-0.05, 0) is 72.4 Å². The Labute approximate surface area is 428 Å². The zero-order valence-corrected chi connectivity index (χ0v) is 41.8. The fraction of sp³-hybridized carbons (Fsp3) is 0.605. The molecule has 6 amide bonds. The van der Waals surface area contributed by atoms with Crippen LogP contribution in [0.4, 0.5) is 0 Å². The van der Waals surface area contributed by atoms with E-state index in [1.165, 1.54) is 12.1 Å². The molecule has 0 unspecified atom stereocenters. The summed E-state index contributed by atoms with van der Waals surface area (Å²) in [5.41, 5.74) is 11.3. The first kappa shape index (κ1) is 59.9. The Bertz CT molecular complexity index is 2080. The lowest BCUT2D eigenvalue weighted by Crippen LogP contribution is -2.58. The van der Waals surface area contributed by atoms with Gasteiger partial charge in [-0.15, -0.1) is 0 Å². The van der Waals surface area contributed by atoms with Crippen LogP contribution < -0.4 is 43.4 Å². The first-order valence-corrected chi connectivity index (χ1v) is 24.2. The Morgan fingerprint density at radius 1 is 0.625 bits per heavy atom. The SMILES string of the molecule is NC(N)=NCCC[C@@H]1NC(=O)[C@H](CCCCNC(=O)CN2CCN(CC(=O)O)CCN(CC(=O)O)CCN(CC(=O)O)CC2)NC(=O)[C@H](Cc2ccc(O)c([125I])c2)NC(=O)[C@H](CC(=O)O)NC(=O)CNC1=O. The molecule has 2 fully saturated rings.